The van der Waals surface area contributed by atoms with Gasteiger partial charge in [-0.1, -0.05) is 18.2 Å². The van der Waals surface area contributed by atoms with E-state index in [9.17, 15) is 34.2 Å². The van der Waals surface area contributed by atoms with Crippen molar-refractivity contribution in [2.45, 2.75) is 33.6 Å². The Morgan fingerprint density at radius 2 is 1.24 bits per heavy atom. The maximum absolute atomic E-state index is 14.3. The number of hydrogen-bond acceptors (Lipinski definition) is 8. The summed E-state index contributed by atoms with van der Waals surface area (Å²) in [5.74, 6) is -3.43. The Labute approximate surface area is 279 Å². The highest BCUT2D eigenvalue weighted by molar-refractivity contribution is 5.88. The molecule has 0 aliphatic rings. The zero-order chi connectivity index (χ0) is 35.4. The quantitative estimate of drug-likeness (QED) is 0.132. The van der Waals surface area contributed by atoms with Gasteiger partial charge in [0, 0.05) is 17.3 Å². The summed E-state index contributed by atoms with van der Waals surface area (Å²) in [6.45, 7) is 6.82. The first-order chi connectivity index (χ1) is 23.4. The zero-order valence-corrected chi connectivity index (χ0v) is 27.1. The fourth-order valence-electron chi connectivity index (χ4n) is 5.63. The topological polar surface area (TPSA) is 195 Å². The van der Waals surface area contributed by atoms with Crippen molar-refractivity contribution in [2.24, 2.45) is 0 Å². The van der Waals surface area contributed by atoms with Gasteiger partial charge in [-0.25, -0.2) is 23.7 Å². The van der Waals surface area contributed by atoms with Gasteiger partial charge in [-0.3, -0.25) is 19.8 Å². The van der Waals surface area contributed by atoms with Crippen molar-refractivity contribution >= 4 is 17.9 Å². The van der Waals surface area contributed by atoms with Gasteiger partial charge in [0.1, 0.15) is 0 Å². The van der Waals surface area contributed by atoms with Crippen molar-refractivity contribution in [1.82, 2.24) is 19.6 Å². The number of ether oxygens (including phenoxy) is 3. The molecule has 0 spiro atoms. The summed E-state index contributed by atoms with van der Waals surface area (Å²) in [5.41, 5.74) is 1.05. The number of benzene rings is 3. The number of carboxylic acids is 2. The number of carbonyl (C=O) groups is 3. The second-order valence-electron chi connectivity index (χ2n) is 11.0. The monoisotopic (exact) mass is 670 g/mol. The standard InChI is InChI=1S/C35H34N4O10/c1-5-47-27-17-21(13-14-26(27)49-18-28(40)48-6-2)31(29-19(3)36-38(32(29)41)24-11-7-9-22(15-24)34(43)44)30-20(4)37-39(33(30)42)25-12-8-10-23(16-25)35(45)46/h7-17,31,36-37H,5-6,18H2,1-4H3,(H,43,44)(H,45,46). The van der Waals surface area contributed by atoms with Crippen LogP contribution < -0.4 is 20.6 Å². The summed E-state index contributed by atoms with van der Waals surface area (Å²) in [6.07, 6.45) is 0. The lowest BCUT2D eigenvalue weighted by Crippen LogP contribution is -2.25. The van der Waals surface area contributed by atoms with Crippen LogP contribution in [-0.2, 0) is 9.53 Å². The average molecular weight is 671 g/mol. The Morgan fingerprint density at radius 1 is 0.714 bits per heavy atom. The molecule has 0 bridgehead atoms. The first kappa shape index (κ1) is 34.0. The number of nitrogens with zero attached hydrogens (tertiary/aromatic N) is 2. The van der Waals surface area contributed by atoms with Crippen LogP contribution in [0, 0.1) is 13.8 Å². The number of carbonyl (C=O) groups excluding carboxylic acids is 1. The maximum atomic E-state index is 14.3. The van der Waals surface area contributed by atoms with Gasteiger partial charge >= 0.3 is 17.9 Å². The minimum atomic E-state index is -1.17. The van der Waals surface area contributed by atoms with Gasteiger partial charge in [-0.2, -0.15) is 0 Å². The zero-order valence-electron chi connectivity index (χ0n) is 27.1. The summed E-state index contributed by atoms with van der Waals surface area (Å²) >= 11 is 0. The number of rotatable bonds is 13. The molecule has 0 radical (unpaired) electrons. The first-order valence-corrected chi connectivity index (χ1v) is 15.3. The third-order valence-corrected chi connectivity index (χ3v) is 7.77. The molecule has 5 aromatic rings. The molecule has 254 valence electrons. The maximum Gasteiger partial charge on any atom is 0.344 e. The number of aryl methyl sites for hydroxylation is 2. The molecule has 49 heavy (non-hydrogen) atoms. The van der Waals surface area contributed by atoms with E-state index in [1.165, 1.54) is 45.8 Å². The largest absolute Gasteiger partial charge is 0.490 e. The Kier molecular flexibility index (Phi) is 9.87. The lowest BCUT2D eigenvalue weighted by Gasteiger charge is -2.19. The van der Waals surface area contributed by atoms with Crippen LogP contribution in [-0.4, -0.2) is 67.5 Å². The number of hydrogen-bond donors (Lipinski definition) is 4. The molecule has 2 aromatic heterocycles. The predicted molar refractivity (Wildman–Crippen MR) is 177 cm³/mol. The van der Waals surface area contributed by atoms with Crippen LogP contribution >= 0.6 is 0 Å². The molecular weight excluding hydrogens is 636 g/mol. The Bertz CT molecular complexity index is 2060. The van der Waals surface area contributed by atoms with Crippen molar-refractivity contribution in [3.05, 3.63) is 127 Å². The van der Waals surface area contributed by atoms with E-state index >= 15 is 0 Å². The Balaban J connectivity index is 1.73. The SMILES string of the molecule is CCOC(=O)COc1ccc(C(c2c(C)[nH]n(-c3cccc(C(=O)O)c3)c2=O)c2c(C)[nH]n(-c3cccc(C(=O)O)c3)c2=O)cc1OCC. The first-order valence-electron chi connectivity index (χ1n) is 15.3. The van der Waals surface area contributed by atoms with Gasteiger partial charge in [-0.15, -0.1) is 0 Å². The van der Waals surface area contributed by atoms with Crippen LogP contribution in [0.4, 0.5) is 0 Å². The number of H-pyrrole nitrogens is 2. The summed E-state index contributed by atoms with van der Waals surface area (Å²) < 4.78 is 18.9. The van der Waals surface area contributed by atoms with Gasteiger partial charge < -0.3 is 24.4 Å². The lowest BCUT2D eigenvalue weighted by atomic mass is 9.85. The summed E-state index contributed by atoms with van der Waals surface area (Å²) in [5, 5.41) is 25.1. The van der Waals surface area contributed by atoms with Crippen LogP contribution in [0.1, 0.15) is 68.6 Å². The van der Waals surface area contributed by atoms with Crippen molar-refractivity contribution in [2.75, 3.05) is 19.8 Å². The van der Waals surface area contributed by atoms with Crippen LogP contribution in [0.15, 0.2) is 76.3 Å². The number of nitrogens with one attached hydrogen (secondary N) is 2. The van der Waals surface area contributed by atoms with Crippen molar-refractivity contribution in [3.8, 4) is 22.9 Å². The molecule has 0 amide bonds. The molecule has 3 aromatic carbocycles. The van der Waals surface area contributed by atoms with Gasteiger partial charge in [0.25, 0.3) is 11.1 Å². The molecule has 0 saturated carbocycles. The van der Waals surface area contributed by atoms with Crippen LogP contribution in [0.5, 0.6) is 11.5 Å². The number of aromatic nitrogens is 4. The molecule has 14 nitrogen and oxygen atoms in total. The van der Waals surface area contributed by atoms with Crippen LogP contribution in [0.25, 0.3) is 11.4 Å². The van der Waals surface area contributed by atoms with E-state index in [-0.39, 0.29) is 64.9 Å². The summed E-state index contributed by atoms with van der Waals surface area (Å²) in [7, 11) is 0. The number of aromatic amines is 2. The molecule has 0 aliphatic carbocycles. The van der Waals surface area contributed by atoms with E-state index in [1.54, 1.807) is 58.0 Å². The Morgan fingerprint density at radius 3 is 1.71 bits per heavy atom. The highest BCUT2D eigenvalue weighted by Crippen LogP contribution is 2.37. The second-order valence-corrected chi connectivity index (χ2v) is 11.0. The van der Waals surface area contributed by atoms with Crippen molar-refractivity contribution < 1.29 is 38.8 Å². The predicted octanol–water partition coefficient (Wildman–Crippen LogP) is 4.18. The fourth-order valence-corrected chi connectivity index (χ4v) is 5.63. The van der Waals surface area contributed by atoms with E-state index in [0.29, 0.717) is 17.0 Å². The van der Waals surface area contributed by atoms with E-state index in [1.807, 2.05) is 0 Å². The number of aromatic carboxylic acids is 2. The minimum Gasteiger partial charge on any atom is -0.490 e. The van der Waals surface area contributed by atoms with Crippen LogP contribution in [0.2, 0.25) is 0 Å². The Hall–Kier alpha value is -6.31. The molecule has 0 atom stereocenters. The minimum absolute atomic E-state index is 0.0255. The third-order valence-electron chi connectivity index (χ3n) is 7.77. The lowest BCUT2D eigenvalue weighted by molar-refractivity contribution is -0.145. The van der Waals surface area contributed by atoms with Crippen LogP contribution in [0.3, 0.4) is 0 Å². The highest BCUT2D eigenvalue weighted by atomic mass is 16.6. The van der Waals surface area contributed by atoms with E-state index in [0.717, 1.165) is 0 Å². The van der Waals surface area contributed by atoms with E-state index < -0.39 is 34.9 Å². The molecule has 0 aliphatic heterocycles. The van der Waals surface area contributed by atoms with E-state index in [2.05, 4.69) is 10.2 Å². The summed E-state index contributed by atoms with van der Waals surface area (Å²) in [6, 6.07) is 16.5. The molecule has 0 saturated heterocycles. The van der Waals surface area contributed by atoms with Gasteiger partial charge in [0.15, 0.2) is 18.1 Å². The van der Waals surface area contributed by atoms with Gasteiger partial charge in [0.2, 0.25) is 0 Å². The number of esters is 1. The molecule has 2 heterocycles. The van der Waals surface area contributed by atoms with Crippen molar-refractivity contribution in [3.63, 3.8) is 0 Å². The molecular formula is C35H34N4O10. The van der Waals surface area contributed by atoms with E-state index in [4.69, 9.17) is 14.2 Å². The molecule has 0 unspecified atom stereocenters. The fraction of sp³-hybridized carbons (Fsp3) is 0.229. The summed E-state index contributed by atoms with van der Waals surface area (Å²) in [4.78, 5) is 63.9. The van der Waals surface area contributed by atoms with Gasteiger partial charge in [-0.05, 0) is 81.8 Å². The molecule has 0 fully saturated rings. The molecule has 4 N–H and O–H groups in total. The second kappa shape index (κ2) is 14.2. The van der Waals surface area contributed by atoms with Gasteiger partial charge in [0.05, 0.1) is 46.8 Å². The van der Waals surface area contributed by atoms with Crippen molar-refractivity contribution in [1.29, 1.82) is 0 Å². The third kappa shape index (κ3) is 6.88. The smallest absolute Gasteiger partial charge is 0.344 e. The normalized spacial score (nSPS) is 11.0. The molecule has 14 heteroatoms. The highest BCUT2D eigenvalue weighted by Gasteiger charge is 2.32. The molecule has 5 rings (SSSR count). The number of carboxylic acid groups (broad SMARTS) is 2. The average Bonchev–Trinajstić information content (AvgIpc) is 3.54.